The number of carbonyl (C=O) groups is 1. The van der Waals surface area contributed by atoms with E-state index in [-0.39, 0.29) is 17.5 Å². The van der Waals surface area contributed by atoms with Crippen molar-refractivity contribution in [1.82, 2.24) is 9.97 Å². The van der Waals surface area contributed by atoms with E-state index < -0.39 is 0 Å². The van der Waals surface area contributed by atoms with Crippen molar-refractivity contribution in [2.75, 3.05) is 5.32 Å². The molecule has 148 valence electrons. The highest BCUT2D eigenvalue weighted by Gasteiger charge is 2.20. The third-order valence-electron chi connectivity index (χ3n) is 4.69. The van der Waals surface area contributed by atoms with Crippen molar-refractivity contribution in [2.45, 2.75) is 6.92 Å². The Morgan fingerprint density at radius 1 is 1.20 bits per heavy atom. The molecule has 0 aliphatic rings. The predicted octanol–water partition coefficient (Wildman–Crippen LogP) is 6.02. The number of pyridine rings is 1. The van der Waals surface area contributed by atoms with Gasteiger partial charge in [0.05, 0.1) is 10.6 Å². The number of anilines is 1. The Labute approximate surface area is 179 Å². The fraction of sp³-hybridized carbons (Fsp3) is 0.0455. The zero-order valence-electron chi connectivity index (χ0n) is 15.6. The van der Waals surface area contributed by atoms with Gasteiger partial charge in [0, 0.05) is 22.0 Å². The van der Waals surface area contributed by atoms with E-state index in [1.54, 1.807) is 37.4 Å². The van der Waals surface area contributed by atoms with Crippen LogP contribution >= 0.6 is 22.9 Å². The van der Waals surface area contributed by atoms with Gasteiger partial charge in [-0.25, -0.2) is 4.98 Å². The lowest BCUT2D eigenvalue weighted by Crippen LogP contribution is -2.11. The van der Waals surface area contributed by atoms with Crippen LogP contribution in [-0.4, -0.2) is 21.0 Å². The molecule has 0 saturated heterocycles. The third kappa shape index (κ3) is 3.08. The standard InChI is InChI=1S/C22H14ClN3O3S/c1-11-9-12(25-21(28)19-17(23)13-5-2-3-7-16(13)30-19)10-14(18(11)27)22-26-20-15(29-22)6-4-8-24-20/h2-10,27H,1H3,(H,25,28). The van der Waals surface area contributed by atoms with Crippen LogP contribution in [0.15, 0.2) is 59.1 Å². The van der Waals surface area contributed by atoms with E-state index in [9.17, 15) is 9.90 Å². The number of nitrogens with zero attached hydrogens (tertiary/aromatic N) is 2. The largest absolute Gasteiger partial charge is 0.507 e. The third-order valence-corrected chi connectivity index (χ3v) is 6.37. The topological polar surface area (TPSA) is 88.3 Å². The number of phenolic OH excluding ortho intramolecular Hbond substituents is 1. The van der Waals surface area contributed by atoms with Crippen LogP contribution < -0.4 is 5.32 Å². The maximum Gasteiger partial charge on any atom is 0.267 e. The van der Waals surface area contributed by atoms with Gasteiger partial charge in [0.1, 0.15) is 10.6 Å². The first-order valence-corrected chi connectivity index (χ1v) is 10.2. The highest BCUT2D eigenvalue weighted by molar-refractivity contribution is 7.21. The number of rotatable bonds is 3. The average Bonchev–Trinajstić information content (AvgIpc) is 3.32. The molecule has 0 fully saturated rings. The number of hydrogen-bond donors (Lipinski definition) is 2. The number of benzene rings is 2. The minimum absolute atomic E-state index is 0.0273. The number of carbonyl (C=O) groups excluding carboxylic acids is 1. The number of amides is 1. The minimum atomic E-state index is -0.323. The molecule has 0 aliphatic heterocycles. The van der Waals surface area contributed by atoms with E-state index in [0.29, 0.717) is 37.9 Å². The van der Waals surface area contributed by atoms with E-state index in [2.05, 4.69) is 15.3 Å². The normalized spacial score (nSPS) is 11.3. The van der Waals surface area contributed by atoms with Gasteiger partial charge < -0.3 is 14.8 Å². The number of fused-ring (bicyclic) bond motifs is 2. The maximum absolute atomic E-state index is 12.9. The molecular weight excluding hydrogens is 422 g/mol. The van der Waals surface area contributed by atoms with Gasteiger partial charge in [-0.1, -0.05) is 29.8 Å². The number of hydrogen-bond acceptors (Lipinski definition) is 6. The molecule has 0 unspecified atom stereocenters. The SMILES string of the molecule is Cc1cc(NC(=O)c2sc3ccccc3c2Cl)cc(-c2nc3ncccc3o2)c1O. The van der Waals surface area contributed by atoms with Gasteiger partial charge in [-0.3, -0.25) is 4.79 Å². The second kappa shape index (κ2) is 7.12. The van der Waals surface area contributed by atoms with Gasteiger partial charge in [0.2, 0.25) is 5.89 Å². The smallest absolute Gasteiger partial charge is 0.267 e. The van der Waals surface area contributed by atoms with E-state index in [4.69, 9.17) is 16.0 Å². The molecule has 0 spiro atoms. The number of thiophene rings is 1. The Kier molecular flexibility index (Phi) is 4.42. The summed E-state index contributed by atoms with van der Waals surface area (Å²) < 4.78 is 6.67. The Bertz CT molecular complexity index is 1410. The van der Waals surface area contributed by atoms with Gasteiger partial charge in [0.25, 0.3) is 5.91 Å². The van der Waals surface area contributed by atoms with Crippen LogP contribution in [0.25, 0.3) is 32.8 Å². The van der Waals surface area contributed by atoms with Crippen LogP contribution in [0.3, 0.4) is 0 Å². The van der Waals surface area contributed by atoms with Crippen LogP contribution in [0.2, 0.25) is 5.02 Å². The summed E-state index contributed by atoms with van der Waals surface area (Å²) in [5.41, 5.74) is 2.38. The first kappa shape index (κ1) is 18.6. The molecule has 0 radical (unpaired) electrons. The summed E-state index contributed by atoms with van der Waals surface area (Å²) in [7, 11) is 0. The molecule has 3 heterocycles. The van der Waals surface area contributed by atoms with Crippen LogP contribution in [0.5, 0.6) is 5.75 Å². The first-order valence-electron chi connectivity index (χ1n) is 9.05. The highest BCUT2D eigenvalue weighted by atomic mass is 35.5. The van der Waals surface area contributed by atoms with Gasteiger partial charge in [0.15, 0.2) is 11.2 Å². The lowest BCUT2D eigenvalue weighted by atomic mass is 10.1. The maximum atomic E-state index is 12.9. The zero-order chi connectivity index (χ0) is 20.8. The quantitative estimate of drug-likeness (QED) is 0.338. The summed E-state index contributed by atoms with van der Waals surface area (Å²) in [6.07, 6.45) is 1.62. The van der Waals surface area contributed by atoms with E-state index in [0.717, 1.165) is 10.1 Å². The second-order valence-electron chi connectivity index (χ2n) is 6.73. The van der Waals surface area contributed by atoms with Crippen molar-refractivity contribution in [1.29, 1.82) is 0 Å². The number of nitrogens with one attached hydrogen (secondary N) is 1. The molecule has 8 heteroatoms. The molecule has 0 atom stereocenters. The molecule has 0 aliphatic carbocycles. The molecule has 0 saturated carbocycles. The van der Waals surface area contributed by atoms with Crippen LogP contribution in [-0.2, 0) is 0 Å². The summed E-state index contributed by atoms with van der Waals surface area (Å²) >= 11 is 7.75. The number of aromatic nitrogens is 2. The van der Waals surface area contributed by atoms with Crippen molar-refractivity contribution in [2.24, 2.45) is 0 Å². The van der Waals surface area contributed by atoms with Crippen molar-refractivity contribution in [3.05, 3.63) is 70.2 Å². The number of phenols is 1. The number of aryl methyl sites for hydroxylation is 1. The number of oxazole rings is 1. The molecule has 1 amide bonds. The molecule has 6 nitrogen and oxygen atoms in total. The van der Waals surface area contributed by atoms with Gasteiger partial charge in [-0.05, 0) is 42.8 Å². The molecule has 5 aromatic rings. The Morgan fingerprint density at radius 2 is 2.03 bits per heavy atom. The van der Waals surface area contributed by atoms with Crippen molar-refractivity contribution in [3.8, 4) is 17.2 Å². The summed E-state index contributed by atoms with van der Waals surface area (Å²) in [5.74, 6) is -0.0729. The predicted molar refractivity (Wildman–Crippen MR) is 118 cm³/mol. The van der Waals surface area contributed by atoms with Crippen molar-refractivity contribution in [3.63, 3.8) is 0 Å². The summed E-state index contributed by atoms with van der Waals surface area (Å²) in [5, 5.41) is 14.7. The van der Waals surface area contributed by atoms with Gasteiger partial charge in [-0.2, -0.15) is 4.98 Å². The van der Waals surface area contributed by atoms with Crippen LogP contribution in [0, 0.1) is 6.92 Å². The molecular formula is C22H14ClN3O3S. The van der Waals surface area contributed by atoms with E-state index in [1.807, 2.05) is 24.3 Å². The van der Waals surface area contributed by atoms with Gasteiger partial charge >= 0.3 is 0 Å². The molecule has 2 N–H and O–H groups in total. The Hall–Kier alpha value is -3.42. The van der Waals surface area contributed by atoms with E-state index >= 15 is 0 Å². The zero-order valence-corrected chi connectivity index (χ0v) is 17.2. The Balaban J connectivity index is 1.53. The molecule has 3 aromatic heterocycles. The summed E-state index contributed by atoms with van der Waals surface area (Å²) in [6.45, 7) is 1.74. The molecule has 0 bridgehead atoms. The fourth-order valence-electron chi connectivity index (χ4n) is 3.25. The average molecular weight is 436 g/mol. The molecule has 30 heavy (non-hydrogen) atoms. The minimum Gasteiger partial charge on any atom is -0.507 e. The molecule has 2 aromatic carbocycles. The summed E-state index contributed by atoms with van der Waals surface area (Å²) in [6, 6.07) is 14.4. The summed E-state index contributed by atoms with van der Waals surface area (Å²) in [4.78, 5) is 21.8. The monoisotopic (exact) mass is 435 g/mol. The van der Waals surface area contributed by atoms with Crippen LogP contribution in [0.1, 0.15) is 15.2 Å². The highest BCUT2D eigenvalue weighted by Crippen LogP contribution is 2.38. The second-order valence-corrected chi connectivity index (χ2v) is 8.16. The lowest BCUT2D eigenvalue weighted by Gasteiger charge is -2.10. The molecule has 5 rings (SSSR count). The van der Waals surface area contributed by atoms with Crippen molar-refractivity contribution < 1.29 is 14.3 Å². The van der Waals surface area contributed by atoms with Crippen molar-refractivity contribution >= 4 is 55.8 Å². The Morgan fingerprint density at radius 3 is 2.83 bits per heavy atom. The lowest BCUT2D eigenvalue weighted by molar-refractivity contribution is 0.103. The number of aromatic hydroxyl groups is 1. The first-order chi connectivity index (χ1) is 14.5. The van der Waals surface area contributed by atoms with E-state index in [1.165, 1.54) is 11.3 Å². The fourth-order valence-corrected chi connectivity index (χ4v) is 4.66. The van der Waals surface area contributed by atoms with Crippen LogP contribution in [0.4, 0.5) is 5.69 Å². The van der Waals surface area contributed by atoms with Gasteiger partial charge in [-0.15, -0.1) is 11.3 Å². The number of halogens is 1.